The Labute approximate surface area is 118 Å². The Morgan fingerprint density at radius 2 is 2.25 bits per heavy atom. The van der Waals surface area contributed by atoms with Gasteiger partial charge in [-0.15, -0.1) is 0 Å². The first-order valence-corrected chi connectivity index (χ1v) is 7.07. The molecular formula is C15H19N3O2. The van der Waals surface area contributed by atoms with Gasteiger partial charge in [-0.2, -0.15) is 0 Å². The van der Waals surface area contributed by atoms with Gasteiger partial charge in [-0.3, -0.25) is 4.79 Å². The monoisotopic (exact) mass is 273 g/mol. The van der Waals surface area contributed by atoms with Crippen molar-refractivity contribution in [1.29, 1.82) is 0 Å². The van der Waals surface area contributed by atoms with E-state index in [1.165, 1.54) is 5.56 Å². The summed E-state index contributed by atoms with van der Waals surface area (Å²) in [6, 6.07) is 7.87. The van der Waals surface area contributed by atoms with Gasteiger partial charge in [0.25, 0.3) is 5.91 Å². The number of amides is 1. The SMILES string of the molecule is CCc1ccc(NC(=O)C2=NOC3(CCNC3)C2)cc1. The number of rotatable bonds is 3. The van der Waals surface area contributed by atoms with Gasteiger partial charge in [0, 0.05) is 25.1 Å². The van der Waals surface area contributed by atoms with Crippen molar-refractivity contribution in [1.82, 2.24) is 5.32 Å². The molecule has 2 aliphatic rings. The molecular weight excluding hydrogens is 254 g/mol. The summed E-state index contributed by atoms with van der Waals surface area (Å²) in [5.41, 5.74) is 2.23. The summed E-state index contributed by atoms with van der Waals surface area (Å²) in [5.74, 6) is -0.168. The molecule has 1 saturated heterocycles. The Kier molecular flexibility index (Phi) is 3.44. The highest BCUT2D eigenvalue weighted by molar-refractivity contribution is 6.43. The molecule has 0 saturated carbocycles. The van der Waals surface area contributed by atoms with Gasteiger partial charge in [-0.25, -0.2) is 0 Å². The quantitative estimate of drug-likeness (QED) is 0.881. The van der Waals surface area contributed by atoms with E-state index in [0.717, 1.165) is 31.6 Å². The highest BCUT2D eigenvalue weighted by Crippen LogP contribution is 2.30. The second-order valence-corrected chi connectivity index (χ2v) is 5.42. The van der Waals surface area contributed by atoms with E-state index in [1.54, 1.807) is 0 Å². The zero-order chi connectivity index (χ0) is 14.0. The fraction of sp³-hybridized carbons (Fsp3) is 0.467. The van der Waals surface area contributed by atoms with E-state index in [2.05, 4.69) is 22.7 Å². The number of anilines is 1. The third-order valence-corrected chi connectivity index (χ3v) is 3.93. The van der Waals surface area contributed by atoms with Crippen LogP contribution in [-0.2, 0) is 16.1 Å². The minimum absolute atomic E-state index is 0.168. The predicted octanol–water partition coefficient (Wildman–Crippen LogP) is 1.70. The van der Waals surface area contributed by atoms with E-state index < -0.39 is 0 Å². The second-order valence-electron chi connectivity index (χ2n) is 5.42. The van der Waals surface area contributed by atoms with Crippen LogP contribution >= 0.6 is 0 Å². The van der Waals surface area contributed by atoms with Crippen LogP contribution in [0.15, 0.2) is 29.4 Å². The van der Waals surface area contributed by atoms with Gasteiger partial charge >= 0.3 is 0 Å². The first kappa shape index (κ1) is 13.1. The lowest BCUT2D eigenvalue weighted by molar-refractivity contribution is -0.110. The summed E-state index contributed by atoms with van der Waals surface area (Å²) in [5, 5.41) is 10.1. The van der Waals surface area contributed by atoms with Crippen molar-refractivity contribution in [2.75, 3.05) is 18.4 Å². The minimum Gasteiger partial charge on any atom is -0.387 e. The van der Waals surface area contributed by atoms with Crippen LogP contribution in [0.5, 0.6) is 0 Å². The lowest BCUT2D eigenvalue weighted by Crippen LogP contribution is -2.33. The first-order valence-electron chi connectivity index (χ1n) is 7.07. The van der Waals surface area contributed by atoms with Crippen LogP contribution in [0.1, 0.15) is 25.3 Å². The Hall–Kier alpha value is -1.88. The second kappa shape index (κ2) is 5.25. The fourth-order valence-electron chi connectivity index (χ4n) is 2.62. The fourth-order valence-corrected chi connectivity index (χ4v) is 2.62. The summed E-state index contributed by atoms with van der Waals surface area (Å²) >= 11 is 0. The number of oxime groups is 1. The maximum atomic E-state index is 12.2. The van der Waals surface area contributed by atoms with E-state index in [4.69, 9.17) is 4.84 Å². The molecule has 0 bridgehead atoms. The van der Waals surface area contributed by atoms with Crippen molar-refractivity contribution in [3.05, 3.63) is 29.8 Å². The molecule has 5 nitrogen and oxygen atoms in total. The van der Waals surface area contributed by atoms with E-state index in [-0.39, 0.29) is 11.5 Å². The van der Waals surface area contributed by atoms with E-state index in [9.17, 15) is 4.79 Å². The van der Waals surface area contributed by atoms with E-state index in [1.807, 2.05) is 24.3 Å². The van der Waals surface area contributed by atoms with Gasteiger partial charge in [0.2, 0.25) is 0 Å². The molecule has 1 aromatic rings. The average molecular weight is 273 g/mol. The van der Waals surface area contributed by atoms with Crippen LogP contribution in [0.25, 0.3) is 0 Å². The van der Waals surface area contributed by atoms with Gasteiger partial charge in [0.15, 0.2) is 5.60 Å². The normalized spacial score (nSPS) is 24.6. The first-order chi connectivity index (χ1) is 9.71. The molecule has 5 heteroatoms. The smallest absolute Gasteiger partial charge is 0.273 e. The average Bonchev–Trinajstić information content (AvgIpc) is 3.10. The van der Waals surface area contributed by atoms with Gasteiger partial charge < -0.3 is 15.5 Å². The number of carbonyl (C=O) groups excluding carboxylic acids is 1. The zero-order valence-corrected chi connectivity index (χ0v) is 11.6. The lowest BCUT2D eigenvalue weighted by Gasteiger charge is -2.18. The highest BCUT2D eigenvalue weighted by Gasteiger charge is 2.43. The summed E-state index contributed by atoms with van der Waals surface area (Å²) < 4.78 is 0. The summed E-state index contributed by atoms with van der Waals surface area (Å²) in [7, 11) is 0. The third kappa shape index (κ3) is 2.54. The van der Waals surface area contributed by atoms with Gasteiger partial charge in [0.1, 0.15) is 5.71 Å². The van der Waals surface area contributed by atoms with Crippen molar-refractivity contribution in [3.8, 4) is 0 Å². The van der Waals surface area contributed by atoms with Crippen molar-refractivity contribution in [3.63, 3.8) is 0 Å². The molecule has 0 aliphatic carbocycles. The Balaban J connectivity index is 1.62. The van der Waals surface area contributed by atoms with Crippen molar-refractivity contribution >= 4 is 17.3 Å². The van der Waals surface area contributed by atoms with Crippen LogP contribution < -0.4 is 10.6 Å². The number of aryl methyl sites for hydroxylation is 1. The molecule has 0 aromatic heterocycles. The molecule has 1 fully saturated rings. The molecule has 1 unspecified atom stereocenters. The molecule has 2 heterocycles. The Bertz CT molecular complexity index is 531. The summed E-state index contributed by atoms with van der Waals surface area (Å²) in [6.45, 7) is 3.79. The van der Waals surface area contributed by atoms with Crippen molar-refractivity contribution < 1.29 is 9.63 Å². The molecule has 1 spiro atoms. The van der Waals surface area contributed by atoms with Crippen molar-refractivity contribution in [2.45, 2.75) is 31.8 Å². The lowest BCUT2D eigenvalue weighted by atomic mass is 9.96. The topological polar surface area (TPSA) is 62.7 Å². The minimum atomic E-state index is -0.293. The summed E-state index contributed by atoms with van der Waals surface area (Å²) in [4.78, 5) is 17.6. The van der Waals surface area contributed by atoms with Crippen LogP contribution in [0.2, 0.25) is 0 Å². The number of hydrogen-bond acceptors (Lipinski definition) is 4. The number of benzene rings is 1. The molecule has 1 atom stereocenters. The largest absolute Gasteiger partial charge is 0.387 e. The van der Waals surface area contributed by atoms with Crippen molar-refractivity contribution in [2.24, 2.45) is 5.16 Å². The number of carbonyl (C=O) groups is 1. The van der Waals surface area contributed by atoms with E-state index >= 15 is 0 Å². The molecule has 1 amide bonds. The maximum Gasteiger partial charge on any atom is 0.273 e. The maximum absolute atomic E-state index is 12.2. The van der Waals surface area contributed by atoms with Crippen LogP contribution in [-0.4, -0.2) is 30.3 Å². The number of hydrogen-bond donors (Lipinski definition) is 2. The van der Waals surface area contributed by atoms with Crippen LogP contribution in [0.4, 0.5) is 5.69 Å². The third-order valence-electron chi connectivity index (χ3n) is 3.93. The number of nitrogens with one attached hydrogen (secondary N) is 2. The van der Waals surface area contributed by atoms with Gasteiger partial charge in [-0.1, -0.05) is 24.2 Å². The highest BCUT2D eigenvalue weighted by atomic mass is 16.7. The molecule has 2 N–H and O–H groups in total. The zero-order valence-electron chi connectivity index (χ0n) is 11.6. The molecule has 0 radical (unpaired) electrons. The molecule has 1 aromatic carbocycles. The van der Waals surface area contributed by atoms with Crippen LogP contribution in [0, 0.1) is 0 Å². The Morgan fingerprint density at radius 3 is 2.90 bits per heavy atom. The predicted molar refractivity (Wildman–Crippen MR) is 77.8 cm³/mol. The van der Waals surface area contributed by atoms with Gasteiger partial charge in [-0.05, 0) is 30.7 Å². The number of nitrogens with zero attached hydrogens (tertiary/aromatic N) is 1. The summed E-state index contributed by atoms with van der Waals surface area (Å²) in [6.07, 6.45) is 2.47. The van der Waals surface area contributed by atoms with E-state index in [0.29, 0.717) is 12.1 Å². The molecule has 3 rings (SSSR count). The molecule has 2 aliphatic heterocycles. The van der Waals surface area contributed by atoms with Crippen LogP contribution in [0.3, 0.4) is 0 Å². The van der Waals surface area contributed by atoms with Gasteiger partial charge in [0.05, 0.1) is 0 Å². The Morgan fingerprint density at radius 1 is 1.45 bits per heavy atom. The standard InChI is InChI=1S/C15H19N3O2/c1-2-11-3-5-12(6-4-11)17-14(19)13-9-15(20-18-13)7-8-16-10-15/h3-6,16H,2,7-10H2,1H3,(H,17,19). The molecule has 106 valence electrons. The molecule has 20 heavy (non-hydrogen) atoms.